The minimum Gasteiger partial charge on any atom is -0.379 e. The molecule has 8 heteroatoms. The molecule has 0 unspecified atom stereocenters. The number of morpholine rings is 1. The summed E-state index contributed by atoms with van der Waals surface area (Å²) >= 11 is 0. The number of aromatic nitrogens is 2. The van der Waals surface area contributed by atoms with Crippen LogP contribution in [0.2, 0.25) is 0 Å². The number of benzene rings is 1. The Morgan fingerprint density at radius 2 is 2.00 bits per heavy atom. The summed E-state index contributed by atoms with van der Waals surface area (Å²) < 4.78 is 28.9. The highest BCUT2D eigenvalue weighted by molar-refractivity contribution is 7.90. The third kappa shape index (κ3) is 4.87. The fraction of sp³-hybridized carbons (Fsp3) is 0.529. The number of hydrogen-bond donors (Lipinski definition) is 1. The molecule has 7 nitrogen and oxygen atoms in total. The average Bonchev–Trinajstić information content (AvgIpc) is 2.61. The first kappa shape index (κ1) is 18.0. The van der Waals surface area contributed by atoms with E-state index in [1.165, 1.54) is 12.6 Å². The van der Waals surface area contributed by atoms with Crippen LogP contribution in [0.3, 0.4) is 0 Å². The molecule has 1 aromatic carbocycles. The van der Waals surface area contributed by atoms with Gasteiger partial charge in [0.15, 0.2) is 9.84 Å². The molecule has 0 aliphatic carbocycles. The van der Waals surface area contributed by atoms with Crippen LogP contribution in [-0.2, 0) is 14.6 Å². The average molecular weight is 364 g/mol. The summed E-state index contributed by atoms with van der Waals surface area (Å²) in [7, 11) is -3.25. The van der Waals surface area contributed by atoms with E-state index >= 15 is 0 Å². The Bertz CT molecular complexity index is 820. The second-order valence-electron chi connectivity index (χ2n) is 6.26. The van der Waals surface area contributed by atoms with Crippen molar-refractivity contribution >= 4 is 26.6 Å². The van der Waals surface area contributed by atoms with Crippen molar-refractivity contribution < 1.29 is 13.2 Å². The Labute approximate surface area is 148 Å². The summed E-state index contributed by atoms with van der Waals surface area (Å²) in [6.45, 7) is 5.55. The van der Waals surface area contributed by atoms with Gasteiger partial charge in [-0.3, -0.25) is 4.90 Å². The molecule has 0 bridgehead atoms. The first-order chi connectivity index (χ1) is 12.0. The van der Waals surface area contributed by atoms with Crippen molar-refractivity contribution in [2.75, 3.05) is 51.0 Å². The minimum absolute atomic E-state index is 0.283. The fourth-order valence-electron chi connectivity index (χ4n) is 2.90. The Hall–Kier alpha value is -1.77. The van der Waals surface area contributed by atoms with E-state index in [2.05, 4.69) is 20.2 Å². The number of anilines is 1. The number of fused-ring (bicyclic) bond motifs is 1. The molecule has 0 saturated carbocycles. The SMILES string of the molecule is CS(=O)(=O)c1ccc2ncnc(NCCCCN3CCOCC3)c2c1. The molecule has 1 aromatic heterocycles. The zero-order valence-corrected chi connectivity index (χ0v) is 15.3. The molecule has 2 heterocycles. The van der Waals surface area contributed by atoms with Crippen molar-refractivity contribution in [3.63, 3.8) is 0 Å². The predicted molar refractivity (Wildman–Crippen MR) is 97.6 cm³/mol. The molecule has 1 fully saturated rings. The van der Waals surface area contributed by atoms with Gasteiger partial charge in [-0.15, -0.1) is 0 Å². The molecular formula is C17H24N4O3S. The maximum Gasteiger partial charge on any atom is 0.175 e. The van der Waals surface area contributed by atoms with E-state index in [1.807, 2.05) is 0 Å². The van der Waals surface area contributed by atoms with Crippen molar-refractivity contribution in [2.45, 2.75) is 17.7 Å². The van der Waals surface area contributed by atoms with E-state index in [4.69, 9.17) is 4.74 Å². The van der Waals surface area contributed by atoms with E-state index in [1.54, 1.807) is 18.2 Å². The Morgan fingerprint density at radius 1 is 1.20 bits per heavy atom. The van der Waals surface area contributed by atoms with Crippen molar-refractivity contribution in [1.29, 1.82) is 0 Å². The summed E-state index contributed by atoms with van der Waals surface area (Å²) in [4.78, 5) is 11.2. The second kappa shape index (κ2) is 8.07. The lowest BCUT2D eigenvalue weighted by Crippen LogP contribution is -2.36. The maximum absolute atomic E-state index is 11.8. The van der Waals surface area contributed by atoms with E-state index in [9.17, 15) is 8.42 Å². The van der Waals surface area contributed by atoms with Gasteiger partial charge in [-0.2, -0.15) is 0 Å². The normalized spacial score (nSPS) is 16.2. The molecule has 1 aliphatic heterocycles. The van der Waals surface area contributed by atoms with Crippen LogP contribution in [0.4, 0.5) is 5.82 Å². The van der Waals surface area contributed by atoms with Crippen LogP contribution in [0.5, 0.6) is 0 Å². The first-order valence-electron chi connectivity index (χ1n) is 8.53. The second-order valence-corrected chi connectivity index (χ2v) is 8.28. The molecular weight excluding hydrogens is 340 g/mol. The molecule has 1 saturated heterocycles. The highest BCUT2D eigenvalue weighted by Crippen LogP contribution is 2.23. The third-order valence-electron chi connectivity index (χ3n) is 4.33. The molecule has 0 amide bonds. The van der Waals surface area contributed by atoms with Gasteiger partial charge in [0.2, 0.25) is 0 Å². The van der Waals surface area contributed by atoms with Crippen LogP contribution in [-0.4, -0.2) is 68.9 Å². The number of nitrogens with zero attached hydrogens (tertiary/aromatic N) is 3. The van der Waals surface area contributed by atoms with Crippen molar-refractivity contribution in [1.82, 2.24) is 14.9 Å². The van der Waals surface area contributed by atoms with Gasteiger partial charge in [-0.05, 0) is 37.6 Å². The van der Waals surface area contributed by atoms with Crippen molar-refractivity contribution in [3.8, 4) is 0 Å². The number of sulfone groups is 1. The maximum atomic E-state index is 11.8. The van der Waals surface area contributed by atoms with Crippen LogP contribution >= 0.6 is 0 Å². The topological polar surface area (TPSA) is 84.4 Å². The highest BCUT2D eigenvalue weighted by Gasteiger charge is 2.11. The molecule has 2 aromatic rings. The molecule has 0 atom stereocenters. The van der Waals surface area contributed by atoms with Gasteiger partial charge in [0, 0.05) is 31.3 Å². The van der Waals surface area contributed by atoms with E-state index in [0.717, 1.165) is 63.1 Å². The van der Waals surface area contributed by atoms with Crippen LogP contribution < -0.4 is 5.32 Å². The Kier molecular flexibility index (Phi) is 5.82. The summed E-state index contributed by atoms with van der Waals surface area (Å²) in [6.07, 6.45) is 4.83. The summed E-state index contributed by atoms with van der Waals surface area (Å²) in [5.74, 6) is 0.682. The van der Waals surface area contributed by atoms with Gasteiger partial charge < -0.3 is 10.1 Å². The monoisotopic (exact) mass is 364 g/mol. The van der Waals surface area contributed by atoms with Gasteiger partial charge >= 0.3 is 0 Å². The van der Waals surface area contributed by atoms with Crippen LogP contribution in [0, 0.1) is 0 Å². The quantitative estimate of drug-likeness (QED) is 0.746. The van der Waals surface area contributed by atoms with E-state index in [0.29, 0.717) is 5.82 Å². The van der Waals surface area contributed by atoms with Crippen LogP contribution in [0.15, 0.2) is 29.4 Å². The highest BCUT2D eigenvalue weighted by atomic mass is 32.2. The zero-order valence-electron chi connectivity index (χ0n) is 14.4. The summed E-state index contributed by atoms with van der Waals surface area (Å²) in [5.41, 5.74) is 0.734. The third-order valence-corrected chi connectivity index (χ3v) is 5.44. The summed E-state index contributed by atoms with van der Waals surface area (Å²) in [6, 6.07) is 4.94. The van der Waals surface area contributed by atoms with E-state index in [-0.39, 0.29) is 4.90 Å². The molecule has 136 valence electrons. The van der Waals surface area contributed by atoms with Gasteiger partial charge in [0.1, 0.15) is 12.1 Å². The number of rotatable bonds is 7. The van der Waals surface area contributed by atoms with Gasteiger partial charge in [0.05, 0.1) is 23.6 Å². The lowest BCUT2D eigenvalue weighted by atomic mass is 10.2. The zero-order chi connectivity index (χ0) is 17.7. The number of ether oxygens (including phenoxy) is 1. The predicted octanol–water partition coefficient (Wildman–Crippen LogP) is 1.56. The van der Waals surface area contributed by atoms with Crippen molar-refractivity contribution in [2.24, 2.45) is 0 Å². The van der Waals surface area contributed by atoms with Gasteiger partial charge in [-0.25, -0.2) is 18.4 Å². The van der Waals surface area contributed by atoms with Gasteiger partial charge in [0.25, 0.3) is 0 Å². The first-order valence-corrected chi connectivity index (χ1v) is 10.4. The molecule has 3 rings (SSSR count). The number of unbranched alkanes of at least 4 members (excludes halogenated alkanes) is 1. The molecule has 0 spiro atoms. The van der Waals surface area contributed by atoms with Crippen molar-refractivity contribution in [3.05, 3.63) is 24.5 Å². The molecule has 1 N–H and O–H groups in total. The number of nitrogens with one attached hydrogen (secondary N) is 1. The number of hydrogen-bond acceptors (Lipinski definition) is 7. The van der Waals surface area contributed by atoms with Crippen LogP contribution in [0.1, 0.15) is 12.8 Å². The summed E-state index contributed by atoms with van der Waals surface area (Å²) in [5, 5.41) is 4.05. The molecule has 0 radical (unpaired) electrons. The van der Waals surface area contributed by atoms with Gasteiger partial charge in [-0.1, -0.05) is 0 Å². The standard InChI is InChI=1S/C17H24N4O3S/c1-25(22,23)14-4-5-16-15(12-14)17(20-13-19-16)18-6-2-3-7-21-8-10-24-11-9-21/h4-5,12-13H,2-3,6-11H2,1H3,(H,18,19,20). The Balaban J connectivity index is 1.59. The fourth-order valence-corrected chi connectivity index (χ4v) is 3.55. The smallest absolute Gasteiger partial charge is 0.175 e. The molecule has 25 heavy (non-hydrogen) atoms. The largest absolute Gasteiger partial charge is 0.379 e. The minimum atomic E-state index is -3.25. The molecule has 1 aliphatic rings. The Morgan fingerprint density at radius 3 is 2.76 bits per heavy atom. The lowest BCUT2D eigenvalue weighted by Gasteiger charge is -2.26. The van der Waals surface area contributed by atoms with E-state index < -0.39 is 9.84 Å². The lowest BCUT2D eigenvalue weighted by molar-refractivity contribution is 0.0373. The van der Waals surface area contributed by atoms with Crippen LogP contribution in [0.25, 0.3) is 10.9 Å².